The van der Waals surface area contributed by atoms with E-state index in [2.05, 4.69) is 52.8 Å². The Balaban J connectivity index is 0.597. The number of hydrogen-bond acceptors (Lipinski definition) is 18. The summed E-state index contributed by atoms with van der Waals surface area (Å²) >= 11 is 0. The molecule has 372 valence electrons. The summed E-state index contributed by atoms with van der Waals surface area (Å²) in [6.07, 6.45) is 10.4. The Bertz CT molecular complexity index is 2760. The summed E-state index contributed by atoms with van der Waals surface area (Å²) in [4.78, 5) is 101. The lowest BCUT2D eigenvalue weighted by Gasteiger charge is -2.43. The minimum atomic E-state index is -1.11. The van der Waals surface area contributed by atoms with Crippen LogP contribution in [0.1, 0.15) is 46.4 Å². The number of piperidine rings is 2. The van der Waals surface area contributed by atoms with Crippen LogP contribution in [0.5, 0.6) is 5.75 Å². The average Bonchev–Trinajstić information content (AvgIpc) is 3.97. The van der Waals surface area contributed by atoms with Crippen molar-refractivity contribution in [2.45, 2.75) is 37.8 Å². The van der Waals surface area contributed by atoms with E-state index in [0.717, 1.165) is 55.3 Å². The molecule has 9 rings (SSSR count). The van der Waals surface area contributed by atoms with Crippen LogP contribution in [0.4, 0.5) is 23.0 Å². The average molecular weight is 974 g/mol. The zero-order valence-electron chi connectivity index (χ0n) is 39.0. The van der Waals surface area contributed by atoms with Crippen molar-refractivity contribution in [3.63, 3.8) is 0 Å². The summed E-state index contributed by atoms with van der Waals surface area (Å²) in [6.45, 7) is 6.25. The van der Waals surface area contributed by atoms with E-state index < -0.39 is 42.2 Å². The number of amides is 6. The molecule has 23 heteroatoms. The fourth-order valence-electron chi connectivity index (χ4n) is 9.11. The van der Waals surface area contributed by atoms with Crippen molar-refractivity contribution in [2.24, 2.45) is 0 Å². The van der Waals surface area contributed by atoms with Gasteiger partial charge in [0.2, 0.25) is 17.7 Å². The second-order valence-electron chi connectivity index (χ2n) is 17.3. The van der Waals surface area contributed by atoms with Crippen LogP contribution in [0, 0.1) is 0 Å². The highest BCUT2D eigenvalue weighted by molar-refractivity contribution is 6.24. The fourth-order valence-corrected chi connectivity index (χ4v) is 9.11. The molecule has 0 spiro atoms. The predicted octanol–water partition coefficient (Wildman–Crippen LogP) is 1.27. The SMILES string of the molecule is Nc1cncc(-c2cn3ccnc3c(Nc3ccc(N4CCN(C5CCN(C(=O)COCCOCCOCCNC(=O)COc6cccc7c6C(=O)N(C6CCC(=O)NC6=O)C7=O)CC5)CC4)cc3)n2)n1. The first-order valence-corrected chi connectivity index (χ1v) is 23.6. The van der Waals surface area contributed by atoms with Crippen molar-refractivity contribution < 1.29 is 47.7 Å². The summed E-state index contributed by atoms with van der Waals surface area (Å²) in [5, 5.41) is 8.24. The number of nitrogens with one attached hydrogen (secondary N) is 3. The number of likely N-dealkylation sites (tertiary alicyclic amines) is 1. The minimum absolute atomic E-state index is 0.00204. The Morgan fingerprint density at radius 1 is 0.803 bits per heavy atom. The van der Waals surface area contributed by atoms with E-state index in [1.54, 1.807) is 12.4 Å². The zero-order chi connectivity index (χ0) is 49.3. The Morgan fingerprint density at radius 3 is 2.32 bits per heavy atom. The van der Waals surface area contributed by atoms with Crippen LogP contribution in [0.15, 0.2) is 73.4 Å². The number of nitrogens with zero attached hydrogens (tertiary/aromatic N) is 9. The van der Waals surface area contributed by atoms with E-state index in [1.807, 2.05) is 33.8 Å². The summed E-state index contributed by atoms with van der Waals surface area (Å²) in [5.74, 6) is -2.12. The molecule has 1 atom stereocenters. The normalized spacial score (nSPS) is 17.7. The monoisotopic (exact) mass is 973 g/mol. The zero-order valence-corrected chi connectivity index (χ0v) is 39.0. The Kier molecular flexibility index (Phi) is 15.3. The van der Waals surface area contributed by atoms with E-state index in [9.17, 15) is 28.8 Å². The van der Waals surface area contributed by atoms with E-state index in [1.165, 1.54) is 24.4 Å². The molecule has 0 aliphatic carbocycles. The van der Waals surface area contributed by atoms with Crippen LogP contribution in [0.2, 0.25) is 0 Å². The molecule has 3 aromatic heterocycles. The molecule has 3 fully saturated rings. The van der Waals surface area contributed by atoms with Gasteiger partial charge in [0.25, 0.3) is 17.7 Å². The topological polar surface area (TPSA) is 270 Å². The van der Waals surface area contributed by atoms with Gasteiger partial charge in [0, 0.05) is 88.2 Å². The number of nitrogen functional groups attached to an aromatic ring is 1. The van der Waals surface area contributed by atoms with Gasteiger partial charge in [-0.1, -0.05) is 6.07 Å². The number of carbonyl (C=O) groups is 6. The second kappa shape index (κ2) is 22.4. The van der Waals surface area contributed by atoms with Crippen LogP contribution in [-0.4, -0.2) is 179 Å². The van der Waals surface area contributed by atoms with E-state index in [0.29, 0.717) is 61.0 Å². The van der Waals surface area contributed by atoms with Crippen LogP contribution < -0.4 is 31.3 Å². The third-order valence-corrected chi connectivity index (χ3v) is 12.8. The molecule has 0 radical (unpaired) electrons. The number of anilines is 4. The van der Waals surface area contributed by atoms with E-state index in [4.69, 9.17) is 29.7 Å². The molecule has 23 nitrogen and oxygen atoms in total. The third kappa shape index (κ3) is 11.5. The number of imide groups is 2. The standard InChI is InChI=1S/C48H55N13O10/c49-39-27-50-26-35(54-39)36-28-60-16-12-52-45(60)44(55-36)53-31-4-6-32(7-5-31)57-17-19-58(20-18-57)33-10-14-59(15-11-33)42(64)30-70-25-24-69-23-22-68-21-13-51-41(63)29-71-38-3-1-2-34-43(38)48(67)61(47(34)66)37-8-9-40(62)56-46(37)65/h1-7,12,16,26-28,33,37H,8-11,13-15,17-25,29-30H2,(H2,49,54)(H,51,63)(H,53,55)(H,56,62,65). The lowest BCUT2D eigenvalue weighted by Crippen LogP contribution is -2.54. The number of fused-ring (bicyclic) bond motifs is 2. The maximum Gasteiger partial charge on any atom is 0.266 e. The number of aromatic nitrogens is 5. The number of imidazole rings is 1. The van der Waals surface area contributed by atoms with Gasteiger partial charge < -0.3 is 49.5 Å². The largest absolute Gasteiger partial charge is 0.483 e. The van der Waals surface area contributed by atoms with Gasteiger partial charge in [0.15, 0.2) is 18.1 Å². The molecular weight excluding hydrogens is 919 g/mol. The summed E-state index contributed by atoms with van der Waals surface area (Å²) in [6, 6.07) is 12.1. The molecule has 4 aliphatic heterocycles. The van der Waals surface area contributed by atoms with Gasteiger partial charge in [-0.15, -0.1) is 0 Å². The summed E-state index contributed by atoms with van der Waals surface area (Å²) in [5.41, 5.74) is 9.80. The Labute approximate surface area is 408 Å². The molecular formula is C48H55N13O10. The van der Waals surface area contributed by atoms with Crippen LogP contribution >= 0.6 is 0 Å². The lowest BCUT2D eigenvalue weighted by atomic mass is 10.0. The van der Waals surface area contributed by atoms with Gasteiger partial charge in [0.05, 0.1) is 56.6 Å². The Hall–Kier alpha value is -7.60. The van der Waals surface area contributed by atoms with Crippen molar-refractivity contribution in [2.75, 3.05) is 108 Å². The quantitative estimate of drug-likeness (QED) is 0.0632. The molecule has 5 N–H and O–H groups in total. The fraction of sp³-hybridized carbons (Fsp3) is 0.417. The highest BCUT2D eigenvalue weighted by atomic mass is 16.5. The lowest BCUT2D eigenvalue weighted by molar-refractivity contribution is -0.138. The van der Waals surface area contributed by atoms with Crippen molar-refractivity contribution >= 4 is 64.1 Å². The van der Waals surface area contributed by atoms with Gasteiger partial charge in [0.1, 0.15) is 35.6 Å². The predicted molar refractivity (Wildman–Crippen MR) is 256 cm³/mol. The molecule has 6 amide bonds. The maximum absolute atomic E-state index is 13.2. The van der Waals surface area contributed by atoms with Crippen LogP contribution in [-0.2, 0) is 33.4 Å². The number of rotatable bonds is 20. The highest BCUT2D eigenvalue weighted by Gasteiger charge is 2.46. The third-order valence-electron chi connectivity index (χ3n) is 12.8. The number of benzene rings is 2. The van der Waals surface area contributed by atoms with Gasteiger partial charge in [-0.05, 0) is 55.7 Å². The second-order valence-corrected chi connectivity index (χ2v) is 17.3. The first-order valence-electron chi connectivity index (χ1n) is 23.6. The van der Waals surface area contributed by atoms with Gasteiger partial charge in [-0.25, -0.2) is 15.0 Å². The highest BCUT2D eigenvalue weighted by Crippen LogP contribution is 2.34. The van der Waals surface area contributed by atoms with Gasteiger partial charge >= 0.3 is 0 Å². The van der Waals surface area contributed by atoms with Crippen molar-refractivity contribution in [1.82, 2.24) is 49.7 Å². The first-order chi connectivity index (χ1) is 34.6. The summed E-state index contributed by atoms with van der Waals surface area (Å²) in [7, 11) is 0. The number of nitrogens with two attached hydrogens (primary N) is 1. The molecule has 3 saturated heterocycles. The number of hydrogen-bond donors (Lipinski definition) is 4. The molecule has 7 heterocycles. The van der Waals surface area contributed by atoms with Gasteiger partial charge in [-0.2, -0.15) is 0 Å². The van der Waals surface area contributed by atoms with Crippen LogP contribution in [0.25, 0.3) is 17.0 Å². The number of carbonyl (C=O) groups excluding carboxylic acids is 6. The summed E-state index contributed by atoms with van der Waals surface area (Å²) < 4.78 is 24.2. The van der Waals surface area contributed by atoms with Crippen molar-refractivity contribution in [1.29, 1.82) is 0 Å². The van der Waals surface area contributed by atoms with Crippen molar-refractivity contribution in [3.8, 4) is 17.1 Å². The van der Waals surface area contributed by atoms with Crippen LogP contribution in [0.3, 0.4) is 0 Å². The molecule has 0 bridgehead atoms. The molecule has 2 aromatic carbocycles. The first kappa shape index (κ1) is 48.4. The minimum Gasteiger partial charge on any atom is -0.483 e. The van der Waals surface area contributed by atoms with E-state index >= 15 is 0 Å². The molecule has 71 heavy (non-hydrogen) atoms. The Morgan fingerprint density at radius 2 is 1.56 bits per heavy atom. The number of ether oxygens (including phenoxy) is 4. The molecule has 1 unspecified atom stereocenters. The molecule has 4 aliphatic rings. The molecule has 0 saturated carbocycles. The maximum atomic E-state index is 13.2. The smallest absolute Gasteiger partial charge is 0.266 e. The van der Waals surface area contributed by atoms with E-state index in [-0.39, 0.29) is 68.6 Å². The molecule has 5 aromatic rings. The van der Waals surface area contributed by atoms with Gasteiger partial charge in [-0.3, -0.25) is 48.9 Å². The van der Waals surface area contributed by atoms with Crippen molar-refractivity contribution in [3.05, 3.63) is 84.6 Å². The number of piperazine rings is 1.